The van der Waals surface area contributed by atoms with Crippen molar-refractivity contribution in [2.24, 2.45) is 0 Å². The van der Waals surface area contributed by atoms with Crippen LogP contribution in [0.1, 0.15) is 27.0 Å². The van der Waals surface area contributed by atoms with Crippen molar-refractivity contribution in [1.29, 1.82) is 0 Å². The molecule has 0 saturated carbocycles. The van der Waals surface area contributed by atoms with E-state index in [4.69, 9.17) is 0 Å². The first-order chi connectivity index (χ1) is 19.8. The summed E-state index contributed by atoms with van der Waals surface area (Å²) in [4.78, 5) is 44.1. The first-order valence-electron chi connectivity index (χ1n) is 13.6. The fourth-order valence-corrected chi connectivity index (χ4v) is 5.62. The lowest BCUT2D eigenvalue weighted by molar-refractivity contribution is -0.120. The van der Waals surface area contributed by atoms with E-state index in [0.717, 1.165) is 37.4 Å². The maximum Gasteiger partial charge on any atom is 0.335 e. The molecule has 3 heterocycles. The highest BCUT2D eigenvalue weighted by molar-refractivity contribution is 6.37. The fourth-order valence-electron chi connectivity index (χ4n) is 5.62. The summed E-state index contributed by atoms with van der Waals surface area (Å²) in [5.41, 5.74) is 5.01. The van der Waals surface area contributed by atoms with Crippen molar-refractivity contribution in [3.05, 3.63) is 88.7 Å². The zero-order chi connectivity index (χ0) is 28.7. The van der Waals surface area contributed by atoms with Crippen molar-refractivity contribution in [2.75, 3.05) is 61.8 Å². The second-order valence-electron chi connectivity index (χ2n) is 10.6. The van der Waals surface area contributed by atoms with Gasteiger partial charge in [0.15, 0.2) is 0 Å². The largest absolute Gasteiger partial charge is 0.478 e. The van der Waals surface area contributed by atoms with Gasteiger partial charge in [-0.15, -0.1) is 0 Å². The van der Waals surface area contributed by atoms with Gasteiger partial charge in [0.05, 0.1) is 29.1 Å². The van der Waals surface area contributed by atoms with Crippen molar-refractivity contribution in [3.63, 3.8) is 0 Å². The van der Waals surface area contributed by atoms with E-state index in [1.807, 2.05) is 23.1 Å². The highest BCUT2D eigenvalue weighted by Gasteiger charge is 2.30. The number of anilines is 3. The van der Waals surface area contributed by atoms with Gasteiger partial charge in [0.25, 0.3) is 5.91 Å². The summed E-state index contributed by atoms with van der Waals surface area (Å²) in [6.07, 6.45) is 0.711. The van der Waals surface area contributed by atoms with Crippen molar-refractivity contribution < 1.29 is 23.9 Å². The summed E-state index contributed by atoms with van der Waals surface area (Å²) in [5, 5.41) is 15.5. The van der Waals surface area contributed by atoms with Gasteiger partial charge in [0.1, 0.15) is 5.82 Å². The van der Waals surface area contributed by atoms with Crippen molar-refractivity contribution in [3.8, 4) is 0 Å². The Kier molecular flexibility index (Phi) is 7.02. The Hall–Kier alpha value is -4.54. The van der Waals surface area contributed by atoms with Crippen molar-refractivity contribution in [2.45, 2.75) is 6.42 Å². The summed E-state index contributed by atoms with van der Waals surface area (Å²) in [5.74, 6) is -1.80. The number of fused-ring (bicyclic) bond motifs is 2. The third-order valence-electron chi connectivity index (χ3n) is 7.89. The van der Waals surface area contributed by atoms with E-state index < -0.39 is 17.7 Å². The first kappa shape index (κ1) is 26.7. The monoisotopic (exact) mass is 555 g/mol. The Labute approximate surface area is 236 Å². The number of hydrogen-bond donors (Lipinski definition) is 3. The molecule has 3 aromatic carbocycles. The van der Waals surface area contributed by atoms with E-state index in [0.29, 0.717) is 53.3 Å². The van der Waals surface area contributed by atoms with Gasteiger partial charge in [0.2, 0.25) is 5.91 Å². The zero-order valence-corrected chi connectivity index (χ0v) is 22.6. The van der Waals surface area contributed by atoms with Gasteiger partial charge in [0, 0.05) is 49.7 Å². The smallest absolute Gasteiger partial charge is 0.335 e. The average Bonchev–Trinajstić information content (AvgIpc) is 3.53. The van der Waals surface area contributed by atoms with Crippen LogP contribution in [-0.2, 0) is 16.0 Å². The average molecular weight is 556 g/mol. The van der Waals surface area contributed by atoms with Gasteiger partial charge >= 0.3 is 5.97 Å². The molecule has 10 heteroatoms. The number of hydrogen-bond acceptors (Lipinski definition) is 6. The van der Waals surface area contributed by atoms with E-state index in [2.05, 4.69) is 27.5 Å². The van der Waals surface area contributed by atoms with Gasteiger partial charge in [-0.25, -0.2) is 9.18 Å². The molecule has 0 unspecified atom stereocenters. The lowest BCUT2D eigenvalue weighted by Gasteiger charge is -2.32. The van der Waals surface area contributed by atoms with E-state index in [-0.39, 0.29) is 11.5 Å². The number of nitrogens with one attached hydrogen (secondary N) is 2. The van der Waals surface area contributed by atoms with Crippen LogP contribution in [0.25, 0.3) is 11.3 Å². The Bertz CT molecular complexity index is 1580. The Morgan fingerprint density at radius 1 is 0.951 bits per heavy atom. The number of carboxylic acid groups (broad SMARTS) is 1. The molecule has 3 aromatic rings. The second-order valence-corrected chi connectivity index (χ2v) is 10.6. The highest BCUT2D eigenvalue weighted by Crippen LogP contribution is 2.39. The molecule has 3 aliphatic heterocycles. The molecule has 0 atom stereocenters. The minimum Gasteiger partial charge on any atom is -0.478 e. The quantitative estimate of drug-likeness (QED) is 0.400. The Morgan fingerprint density at radius 3 is 2.41 bits per heavy atom. The maximum absolute atomic E-state index is 13.8. The number of benzene rings is 3. The normalized spacial score (nSPS) is 18.1. The standard InChI is InChI=1S/C31H30FN5O4/c1-35-12-14-36(15-13-35)18-27(38)37-11-10-20-16-23(7-9-26(20)37)33-29(19-2-5-22(32)6-3-19)28-24-8-4-21(31(40)41)17-25(24)34-30(28)39/h2-9,16-17,33H,10-15,18H2,1H3,(H,34,39)(H,40,41)/b29-28-. The van der Waals surface area contributed by atoms with Crippen LogP contribution in [0.3, 0.4) is 0 Å². The zero-order valence-electron chi connectivity index (χ0n) is 22.6. The second kappa shape index (κ2) is 10.8. The number of nitrogens with zero attached hydrogens (tertiary/aromatic N) is 3. The molecule has 41 heavy (non-hydrogen) atoms. The number of carbonyl (C=O) groups is 3. The lowest BCUT2D eigenvalue weighted by Crippen LogP contribution is -2.48. The van der Waals surface area contributed by atoms with Crippen LogP contribution in [0.5, 0.6) is 0 Å². The van der Waals surface area contributed by atoms with E-state index in [1.165, 1.54) is 24.3 Å². The SMILES string of the molecule is CN1CCN(CC(=O)N2CCc3cc(N/C(=C4\C(=O)Nc5cc(C(=O)O)ccc54)c4ccc(F)cc4)ccc32)CC1. The minimum absolute atomic E-state index is 0.0620. The van der Waals surface area contributed by atoms with Gasteiger partial charge in [-0.1, -0.05) is 6.07 Å². The van der Waals surface area contributed by atoms with Crippen LogP contribution < -0.4 is 15.5 Å². The molecule has 0 bridgehead atoms. The summed E-state index contributed by atoms with van der Waals surface area (Å²) >= 11 is 0. The number of amides is 2. The van der Waals surface area contributed by atoms with E-state index in [9.17, 15) is 23.9 Å². The van der Waals surface area contributed by atoms with E-state index in [1.54, 1.807) is 18.2 Å². The molecule has 6 rings (SSSR count). The molecule has 0 aromatic heterocycles. The van der Waals surface area contributed by atoms with Gasteiger partial charge in [-0.3, -0.25) is 14.5 Å². The number of halogens is 1. The van der Waals surface area contributed by atoms with Crippen LogP contribution in [0.15, 0.2) is 60.7 Å². The molecular formula is C31H30FN5O4. The Balaban J connectivity index is 1.30. The van der Waals surface area contributed by atoms with Gasteiger partial charge < -0.3 is 25.5 Å². The molecule has 2 amide bonds. The van der Waals surface area contributed by atoms with Crippen LogP contribution in [0.4, 0.5) is 21.5 Å². The fraction of sp³-hybridized carbons (Fsp3) is 0.258. The number of likely N-dealkylation sites (N-methyl/N-ethyl adjacent to an activating group) is 1. The van der Waals surface area contributed by atoms with Gasteiger partial charge in [-0.05, 0) is 79.2 Å². The number of rotatable bonds is 6. The molecule has 0 aliphatic carbocycles. The number of carbonyl (C=O) groups excluding carboxylic acids is 2. The molecule has 0 spiro atoms. The topological polar surface area (TPSA) is 105 Å². The maximum atomic E-state index is 13.8. The molecule has 3 aliphatic rings. The molecule has 0 radical (unpaired) electrons. The lowest BCUT2D eigenvalue weighted by atomic mass is 9.98. The first-order valence-corrected chi connectivity index (χ1v) is 13.6. The highest BCUT2D eigenvalue weighted by atomic mass is 19.1. The minimum atomic E-state index is -1.09. The third kappa shape index (κ3) is 5.31. The summed E-state index contributed by atoms with van der Waals surface area (Å²) in [6, 6.07) is 16.1. The Morgan fingerprint density at radius 2 is 1.68 bits per heavy atom. The summed E-state index contributed by atoms with van der Waals surface area (Å²) in [6.45, 7) is 4.66. The van der Waals surface area contributed by atoms with Crippen LogP contribution >= 0.6 is 0 Å². The van der Waals surface area contributed by atoms with Gasteiger partial charge in [-0.2, -0.15) is 0 Å². The summed E-state index contributed by atoms with van der Waals surface area (Å²) in [7, 11) is 2.09. The number of aromatic carboxylic acids is 1. The molecule has 9 nitrogen and oxygen atoms in total. The molecule has 3 N–H and O–H groups in total. The predicted molar refractivity (Wildman–Crippen MR) is 155 cm³/mol. The molecule has 210 valence electrons. The third-order valence-corrected chi connectivity index (χ3v) is 7.89. The van der Waals surface area contributed by atoms with Crippen molar-refractivity contribution in [1.82, 2.24) is 9.80 Å². The van der Waals surface area contributed by atoms with Crippen LogP contribution in [0.2, 0.25) is 0 Å². The molecular weight excluding hydrogens is 525 g/mol. The summed E-state index contributed by atoms with van der Waals surface area (Å²) < 4.78 is 13.8. The number of carboxylic acids is 1. The molecule has 1 fully saturated rings. The number of piperazine rings is 1. The van der Waals surface area contributed by atoms with Crippen LogP contribution in [-0.4, -0.2) is 79.0 Å². The van der Waals surface area contributed by atoms with Crippen molar-refractivity contribution >= 4 is 46.1 Å². The predicted octanol–water partition coefficient (Wildman–Crippen LogP) is 3.59. The molecule has 1 saturated heterocycles. The van der Waals surface area contributed by atoms with E-state index >= 15 is 0 Å². The van der Waals surface area contributed by atoms with Crippen LogP contribution in [0, 0.1) is 5.82 Å².